The summed E-state index contributed by atoms with van der Waals surface area (Å²) in [6.45, 7) is 3.95. The van der Waals surface area contributed by atoms with Crippen LogP contribution in [0.2, 0.25) is 5.02 Å². The molecule has 0 atom stereocenters. The van der Waals surface area contributed by atoms with Gasteiger partial charge in [0.05, 0.1) is 28.4 Å². The third-order valence-corrected chi connectivity index (χ3v) is 4.83. The van der Waals surface area contributed by atoms with E-state index in [0.717, 1.165) is 27.9 Å². The molecular formula is C24H21ClN4O2. The zero-order valence-corrected chi connectivity index (χ0v) is 17.9. The normalized spacial score (nSPS) is 11.4. The second-order valence-electron chi connectivity index (χ2n) is 7.23. The molecule has 0 bridgehead atoms. The zero-order chi connectivity index (χ0) is 21.8. The Morgan fingerprint density at radius 3 is 2.65 bits per heavy atom. The van der Waals surface area contributed by atoms with Crippen LogP contribution in [-0.2, 0) is 0 Å². The summed E-state index contributed by atoms with van der Waals surface area (Å²) in [5, 5.41) is 4.65. The molecule has 4 rings (SSSR count). The Balaban J connectivity index is 1.45. The van der Waals surface area contributed by atoms with E-state index in [1.807, 2.05) is 62.4 Å². The van der Waals surface area contributed by atoms with Gasteiger partial charge in [-0.2, -0.15) is 5.10 Å². The number of ether oxygens (including phenoxy) is 1. The van der Waals surface area contributed by atoms with Crippen LogP contribution >= 0.6 is 11.6 Å². The highest BCUT2D eigenvalue weighted by molar-refractivity contribution is 6.33. The molecule has 6 nitrogen and oxygen atoms in total. The number of hydrogen-bond acceptors (Lipinski definition) is 4. The van der Waals surface area contributed by atoms with E-state index >= 15 is 0 Å². The van der Waals surface area contributed by atoms with Gasteiger partial charge in [-0.15, -0.1) is 0 Å². The smallest absolute Gasteiger partial charge is 0.271 e. The molecule has 1 aromatic heterocycles. The summed E-state index contributed by atoms with van der Waals surface area (Å²) in [6.07, 6.45) is 1.70. The molecule has 0 saturated heterocycles. The molecule has 3 aromatic carbocycles. The first kappa shape index (κ1) is 20.6. The standard InChI is InChI=1S/C24H21ClN4O2/c1-15(2)31-18-10-7-16(8-11-18)14-26-29-24(30)17-9-12-21-22(13-17)28-23(27-21)19-5-3-4-6-20(19)25/h3-15H,1-2H3,(H,27,28)(H,29,30)/b26-14+. The lowest BCUT2D eigenvalue weighted by Gasteiger charge is -2.09. The minimum Gasteiger partial charge on any atom is -0.491 e. The van der Waals surface area contributed by atoms with Gasteiger partial charge in [-0.1, -0.05) is 23.7 Å². The third-order valence-electron chi connectivity index (χ3n) is 4.50. The second kappa shape index (κ2) is 9.02. The molecule has 1 amide bonds. The number of benzene rings is 3. The van der Waals surface area contributed by atoms with Crippen molar-refractivity contribution in [1.29, 1.82) is 0 Å². The number of aromatic nitrogens is 2. The van der Waals surface area contributed by atoms with Crippen LogP contribution in [-0.4, -0.2) is 28.2 Å². The first-order valence-corrected chi connectivity index (χ1v) is 10.2. The molecule has 0 aliphatic rings. The van der Waals surface area contributed by atoms with Crippen LogP contribution in [0.3, 0.4) is 0 Å². The SMILES string of the molecule is CC(C)Oc1ccc(/C=N/NC(=O)c2ccc3nc(-c4ccccc4Cl)[nH]c3c2)cc1. The molecule has 1 heterocycles. The minimum absolute atomic E-state index is 0.117. The molecule has 0 spiro atoms. The Bertz CT molecular complexity index is 1250. The van der Waals surface area contributed by atoms with E-state index in [1.165, 1.54) is 0 Å². The van der Waals surface area contributed by atoms with Gasteiger partial charge in [0.2, 0.25) is 0 Å². The average Bonchev–Trinajstić information content (AvgIpc) is 3.18. The number of hydrazone groups is 1. The van der Waals surface area contributed by atoms with E-state index < -0.39 is 0 Å². The van der Waals surface area contributed by atoms with E-state index in [9.17, 15) is 4.79 Å². The summed E-state index contributed by atoms with van der Waals surface area (Å²) in [7, 11) is 0. The molecular weight excluding hydrogens is 412 g/mol. The number of hydrogen-bond donors (Lipinski definition) is 2. The number of imidazole rings is 1. The van der Waals surface area contributed by atoms with E-state index in [4.69, 9.17) is 16.3 Å². The first-order chi connectivity index (χ1) is 15.0. The number of nitrogens with zero attached hydrogens (tertiary/aromatic N) is 2. The van der Waals surface area contributed by atoms with Crippen molar-refractivity contribution >= 4 is 34.8 Å². The van der Waals surface area contributed by atoms with Crippen LogP contribution < -0.4 is 10.2 Å². The molecule has 0 unspecified atom stereocenters. The van der Waals surface area contributed by atoms with Crippen molar-refractivity contribution < 1.29 is 9.53 Å². The third kappa shape index (κ3) is 4.92. The van der Waals surface area contributed by atoms with Gasteiger partial charge in [-0.3, -0.25) is 4.79 Å². The average molecular weight is 433 g/mol. The number of H-pyrrole nitrogens is 1. The number of amides is 1. The summed E-state index contributed by atoms with van der Waals surface area (Å²) < 4.78 is 5.61. The quantitative estimate of drug-likeness (QED) is 0.314. The summed E-state index contributed by atoms with van der Waals surface area (Å²) in [5.74, 6) is 1.13. The number of carbonyl (C=O) groups is 1. The second-order valence-corrected chi connectivity index (χ2v) is 7.64. The van der Waals surface area contributed by atoms with Gasteiger partial charge in [0, 0.05) is 11.1 Å². The van der Waals surface area contributed by atoms with Crippen molar-refractivity contribution in [2.75, 3.05) is 0 Å². The number of rotatable bonds is 6. The topological polar surface area (TPSA) is 79.4 Å². The summed E-state index contributed by atoms with van der Waals surface area (Å²) in [4.78, 5) is 20.3. The van der Waals surface area contributed by atoms with Crippen molar-refractivity contribution in [2.45, 2.75) is 20.0 Å². The van der Waals surface area contributed by atoms with Crippen molar-refractivity contribution in [1.82, 2.24) is 15.4 Å². The van der Waals surface area contributed by atoms with Crippen LogP contribution in [0, 0.1) is 0 Å². The predicted octanol–water partition coefficient (Wildman–Crippen LogP) is 5.43. The highest BCUT2D eigenvalue weighted by Gasteiger charge is 2.11. The van der Waals surface area contributed by atoms with Crippen LogP contribution in [0.15, 0.2) is 71.8 Å². The van der Waals surface area contributed by atoms with Crippen molar-refractivity contribution in [2.24, 2.45) is 5.10 Å². The van der Waals surface area contributed by atoms with Crippen molar-refractivity contribution in [3.05, 3.63) is 82.9 Å². The molecule has 7 heteroatoms. The maximum absolute atomic E-state index is 12.5. The maximum Gasteiger partial charge on any atom is 0.271 e. The van der Waals surface area contributed by atoms with Crippen LogP contribution in [0.25, 0.3) is 22.4 Å². The molecule has 31 heavy (non-hydrogen) atoms. The highest BCUT2D eigenvalue weighted by Crippen LogP contribution is 2.27. The molecule has 0 radical (unpaired) electrons. The molecule has 0 fully saturated rings. The summed E-state index contributed by atoms with van der Waals surface area (Å²) in [6, 6.07) is 20.2. The van der Waals surface area contributed by atoms with Gasteiger partial charge < -0.3 is 9.72 Å². The maximum atomic E-state index is 12.5. The zero-order valence-electron chi connectivity index (χ0n) is 17.1. The molecule has 4 aromatic rings. The van der Waals surface area contributed by atoms with E-state index in [1.54, 1.807) is 24.4 Å². The monoisotopic (exact) mass is 432 g/mol. The lowest BCUT2D eigenvalue weighted by atomic mass is 10.2. The van der Waals surface area contributed by atoms with E-state index in [0.29, 0.717) is 16.4 Å². The van der Waals surface area contributed by atoms with E-state index in [-0.39, 0.29) is 12.0 Å². The van der Waals surface area contributed by atoms with Crippen LogP contribution in [0.1, 0.15) is 29.8 Å². The van der Waals surface area contributed by atoms with Gasteiger partial charge in [0.1, 0.15) is 11.6 Å². The van der Waals surface area contributed by atoms with Crippen LogP contribution in [0.5, 0.6) is 5.75 Å². The van der Waals surface area contributed by atoms with Crippen LogP contribution in [0.4, 0.5) is 0 Å². The number of fused-ring (bicyclic) bond motifs is 1. The fraction of sp³-hybridized carbons (Fsp3) is 0.125. The molecule has 0 aliphatic carbocycles. The Morgan fingerprint density at radius 2 is 1.90 bits per heavy atom. The van der Waals surface area contributed by atoms with Crippen molar-refractivity contribution in [3.8, 4) is 17.1 Å². The fourth-order valence-electron chi connectivity index (χ4n) is 3.07. The molecule has 0 saturated carbocycles. The van der Waals surface area contributed by atoms with Gasteiger partial charge in [0.15, 0.2) is 0 Å². The Hall–Kier alpha value is -3.64. The Kier molecular flexibility index (Phi) is 6.00. The largest absolute Gasteiger partial charge is 0.491 e. The van der Waals surface area contributed by atoms with Gasteiger partial charge in [-0.05, 0) is 74.0 Å². The number of nitrogens with one attached hydrogen (secondary N) is 2. The van der Waals surface area contributed by atoms with E-state index in [2.05, 4.69) is 20.5 Å². The van der Waals surface area contributed by atoms with Crippen molar-refractivity contribution in [3.63, 3.8) is 0 Å². The van der Waals surface area contributed by atoms with Gasteiger partial charge >= 0.3 is 0 Å². The summed E-state index contributed by atoms with van der Waals surface area (Å²) >= 11 is 6.26. The lowest BCUT2D eigenvalue weighted by molar-refractivity contribution is 0.0955. The molecule has 156 valence electrons. The lowest BCUT2D eigenvalue weighted by Crippen LogP contribution is -2.17. The number of aromatic amines is 1. The fourth-order valence-corrected chi connectivity index (χ4v) is 3.29. The minimum atomic E-state index is -0.313. The summed E-state index contributed by atoms with van der Waals surface area (Å²) in [5.41, 5.74) is 6.17. The number of carbonyl (C=O) groups excluding carboxylic acids is 1. The Morgan fingerprint density at radius 1 is 1.13 bits per heavy atom. The molecule has 2 N–H and O–H groups in total. The first-order valence-electron chi connectivity index (χ1n) is 9.84. The predicted molar refractivity (Wildman–Crippen MR) is 124 cm³/mol. The Labute approximate surface area is 184 Å². The van der Waals surface area contributed by atoms with Gasteiger partial charge in [0.25, 0.3) is 5.91 Å². The highest BCUT2D eigenvalue weighted by atomic mass is 35.5. The van der Waals surface area contributed by atoms with Gasteiger partial charge in [-0.25, -0.2) is 10.4 Å². The number of halogens is 1. The molecule has 0 aliphatic heterocycles.